The number of carbonyl (C=O) groups is 4. The lowest BCUT2D eigenvalue weighted by Gasteiger charge is -2.43. The number of nitrogens with zero attached hydrogens (tertiary/aromatic N) is 6. The number of fused-ring (bicyclic) bond motifs is 1. The van der Waals surface area contributed by atoms with Crippen molar-refractivity contribution in [3.8, 4) is 34.4 Å². The highest BCUT2D eigenvalue weighted by Gasteiger charge is 2.49. The molecule has 83 heavy (non-hydrogen) atoms. The van der Waals surface area contributed by atoms with Gasteiger partial charge in [-0.25, -0.2) is 31.0 Å². The third-order valence-corrected chi connectivity index (χ3v) is 15.2. The molecule has 0 bridgehead atoms. The highest BCUT2D eigenvalue weighted by Crippen LogP contribution is 2.41. The highest BCUT2D eigenvalue weighted by molar-refractivity contribution is 7.92. The fourth-order valence-corrected chi connectivity index (χ4v) is 10.4. The van der Waals surface area contributed by atoms with E-state index in [-0.39, 0.29) is 65.4 Å². The van der Waals surface area contributed by atoms with E-state index in [1.165, 1.54) is 54.1 Å². The summed E-state index contributed by atoms with van der Waals surface area (Å²) in [6.45, 7) is -0.357. The summed E-state index contributed by atoms with van der Waals surface area (Å²) in [4.78, 5) is 80.6. The van der Waals surface area contributed by atoms with Crippen LogP contribution in [0.15, 0.2) is 127 Å². The Balaban J connectivity index is 0.856. The number of aromatic nitrogens is 3. The Morgan fingerprint density at radius 3 is 2.39 bits per heavy atom. The van der Waals surface area contributed by atoms with Crippen molar-refractivity contribution in [2.45, 2.75) is 43.8 Å². The molecule has 432 valence electrons. The first-order valence-electron chi connectivity index (χ1n) is 25.8. The van der Waals surface area contributed by atoms with Crippen LogP contribution in [0.25, 0.3) is 22.0 Å². The lowest BCUT2D eigenvalue weighted by atomic mass is 9.87. The van der Waals surface area contributed by atoms with Crippen molar-refractivity contribution >= 4 is 73.3 Å². The first kappa shape index (κ1) is 58.8. The number of halogens is 5. The van der Waals surface area contributed by atoms with E-state index >= 15 is 13.6 Å². The summed E-state index contributed by atoms with van der Waals surface area (Å²) in [5.41, 5.74) is 0.881. The summed E-state index contributed by atoms with van der Waals surface area (Å²) in [7, 11) is -2.03. The number of rotatable bonds is 22. The van der Waals surface area contributed by atoms with E-state index in [4.69, 9.17) is 30.5 Å². The molecule has 2 aliphatic rings. The van der Waals surface area contributed by atoms with Gasteiger partial charge in [0, 0.05) is 89.4 Å². The number of anilines is 3. The first-order valence-corrected chi connectivity index (χ1v) is 27.8. The number of H-pyrrole nitrogens is 1. The Labute approximate surface area is 477 Å². The molecule has 2 atom stereocenters. The summed E-state index contributed by atoms with van der Waals surface area (Å²) in [6.07, 6.45) is 3.02. The van der Waals surface area contributed by atoms with Gasteiger partial charge in [0.2, 0.25) is 27.7 Å². The maximum atomic E-state index is 15.4. The Hall–Kier alpha value is -8.83. The minimum absolute atomic E-state index is 0.0235. The molecule has 1 saturated heterocycles. The first-order chi connectivity index (χ1) is 39.7. The highest BCUT2D eigenvalue weighted by atomic mass is 35.5. The number of pyridine rings is 2. The summed E-state index contributed by atoms with van der Waals surface area (Å²) >= 11 is 6.63. The SMILES string of the molecule is CCS(=O)(=O)Nc1ccc(Oc2cccc(OCCOCCOCC(=O)N3CC(=O)N(c4cc(C#N)ccn4)[C@H](C(=O)N(c4cc(F)cc(F)c4)C(C(=O)NC4CC(F)(F)C4)c4ccccc4Cl)C3)c2)c(-c2cn(C)c(=O)c3[nH]ccc23)c1. The fourth-order valence-electron chi connectivity index (χ4n) is 9.51. The Morgan fingerprint density at radius 1 is 0.916 bits per heavy atom. The van der Waals surface area contributed by atoms with E-state index in [1.807, 2.05) is 6.07 Å². The molecule has 26 heteroatoms. The number of hydrogen-bond donors (Lipinski definition) is 3. The molecule has 1 aliphatic heterocycles. The molecule has 9 rings (SSSR count). The molecule has 1 unspecified atom stereocenters. The van der Waals surface area contributed by atoms with Crippen molar-refractivity contribution in [1.82, 2.24) is 24.8 Å². The summed E-state index contributed by atoms with van der Waals surface area (Å²) < 4.78 is 111. The van der Waals surface area contributed by atoms with Gasteiger partial charge < -0.3 is 38.7 Å². The van der Waals surface area contributed by atoms with E-state index in [1.54, 1.807) is 68.0 Å². The van der Waals surface area contributed by atoms with Crippen LogP contribution in [-0.2, 0) is 45.7 Å². The van der Waals surface area contributed by atoms with E-state index in [0.717, 1.165) is 21.9 Å². The molecule has 0 spiro atoms. The molecule has 0 radical (unpaired) electrons. The molecular weight excluding hydrogens is 1130 g/mol. The van der Waals surface area contributed by atoms with Crippen LogP contribution in [-0.4, -0.2) is 121 Å². The van der Waals surface area contributed by atoms with Crippen LogP contribution < -0.4 is 34.9 Å². The van der Waals surface area contributed by atoms with Gasteiger partial charge in [0.1, 0.15) is 72.1 Å². The standard InChI is InChI=1S/C57H52ClF4N9O11S/c1-3-83(77,78)67-37-11-12-48(44(25-37)45-30-68(2)56(76)52-42(45)14-16-65-52)82-41-8-6-7-40(26-41)81-20-19-79-17-18-80-33-51(73)69-31-47(71(50(72)32-69)49-21-34(29-63)13-15-64-49)55(75)70(39-23-35(59)22-36(60)24-39)53(43-9-4-5-10-46(43)58)54(74)66-38-27-57(61,62)28-38/h4-16,21-26,30,38,47,53,65,67H,3,17-20,27-28,31-33H2,1-2H3,(H,66,74)/t47-,53?/m0/s1. The maximum Gasteiger partial charge on any atom is 0.274 e. The fraction of sp³-hybridized carbons (Fsp3) is 0.281. The molecular formula is C57H52ClF4N9O11S. The molecule has 4 aromatic carbocycles. The zero-order chi connectivity index (χ0) is 59.2. The summed E-state index contributed by atoms with van der Waals surface area (Å²) in [6, 6.07) is 20.7. The number of aryl methyl sites for hydroxylation is 1. The van der Waals surface area contributed by atoms with Gasteiger partial charge in [-0.05, 0) is 73.7 Å². The van der Waals surface area contributed by atoms with E-state index in [2.05, 4.69) is 20.0 Å². The van der Waals surface area contributed by atoms with Crippen LogP contribution in [0.3, 0.4) is 0 Å². The van der Waals surface area contributed by atoms with E-state index in [0.29, 0.717) is 50.2 Å². The van der Waals surface area contributed by atoms with Crippen molar-refractivity contribution in [2.75, 3.05) is 66.4 Å². The average Bonchev–Trinajstić information content (AvgIpc) is 4.17. The molecule has 1 aliphatic carbocycles. The topological polar surface area (TPSA) is 248 Å². The zero-order valence-electron chi connectivity index (χ0n) is 44.3. The Kier molecular flexibility index (Phi) is 17.8. The zero-order valence-corrected chi connectivity index (χ0v) is 45.9. The van der Waals surface area contributed by atoms with Crippen LogP contribution in [0.4, 0.5) is 34.8 Å². The summed E-state index contributed by atoms with van der Waals surface area (Å²) in [5, 5.41) is 12.7. The number of aromatic amines is 1. The second-order valence-corrected chi connectivity index (χ2v) is 21.7. The normalized spacial score (nSPS) is 15.5. The number of benzene rings is 4. The molecule has 4 heterocycles. The van der Waals surface area contributed by atoms with Gasteiger partial charge in [-0.3, -0.25) is 38.5 Å². The van der Waals surface area contributed by atoms with Gasteiger partial charge in [0.25, 0.3) is 17.4 Å². The molecule has 3 N–H and O–H groups in total. The minimum atomic E-state index is -3.63. The van der Waals surface area contributed by atoms with Crippen molar-refractivity contribution < 1.29 is 64.1 Å². The van der Waals surface area contributed by atoms with Gasteiger partial charge >= 0.3 is 0 Å². The minimum Gasteiger partial charge on any atom is -0.491 e. The average molecular weight is 1180 g/mol. The van der Waals surface area contributed by atoms with Crippen molar-refractivity contribution in [2.24, 2.45) is 7.05 Å². The van der Waals surface area contributed by atoms with Crippen molar-refractivity contribution in [3.63, 3.8) is 0 Å². The third kappa shape index (κ3) is 13.8. The second kappa shape index (κ2) is 25.1. The van der Waals surface area contributed by atoms with Crippen LogP contribution in [0.5, 0.6) is 17.2 Å². The number of nitrogens with one attached hydrogen (secondary N) is 3. The second-order valence-electron chi connectivity index (χ2n) is 19.3. The van der Waals surface area contributed by atoms with Gasteiger partial charge in [-0.2, -0.15) is 5.26 Å². The number of ether oxygens (including phenoxy) is 4. The van der Waals surface area contributed by atoms with E-state index < -0.39 is 108 Å². The van der Waals surface area contributed by atoms with Gasteiger partial charge in [-0.1, -0.05) is 35.9 Å². The number of alkyl halides is 2. The monoisotopic (exact) mass is 1180 g/mol. The predicted molar refractivity (Wildman–Crippen MR) is 297 cm³/mol. The smallest absolute Gasteiger partial charge is 0.274 e. The van der Waals surface area contributed by atoms with Crippen molar-refractivity contribution in [3.05, 3.63) is 160 Å². The quantitative estimate of drug-likeness (QED) is 0.0437. The van der Waals surface area contributed by atoms with Crippen LogP contribution in [0.1, 0.15) is 36.9 Å². The Bertz CT molecular complexity index is 3820. The van der Waals surface area contributed by atoms with E-state index in [9.17, 15) is 41.6 Å². The largest absolute Gasteiger partial charge is 0.491 e. The molecule has 3 aromatic heterocycles. The van der Waals surface area contributed by atoms with Gasteiger partial charge in [-0.15, -0.1) is 0 Å². The predicted octanol–water partition coefficient (Wildman–Crippen LogP) is 7.63. The number of sulfonamides is 1. The lowest BCUT2D eigenvalue weighted by molar-refractivity contribution is -0.143. The number of piperazine rings is 1. The maximum absolute atomic E-state index is 15.4. The van der Waals surface area contributed by atoms with Crippen LogP contribution in [0.2, 0.25) is 5.02 Å². The van der Waals surface area contributed by atoms with Crippen LogP contribution >= 0.6 is 11.6 Å². The van der Waals surface area contributed by atoms with Gasteiger partial charge in [0.05, 0.1) is 49.4 Å². The van der Waals surface area contributed by atoms with Gasteiger partial charge in [0.15, 0.2) is 0 Å². The number of nitriles is 1. The summed E-state index contributed by atoms with van der Waals surface area (Å²) in [5.74, 6) is -8.56. The molecule has 1 saturated carbocycles. The number of carbonyl (C=O) groups excluding carboxylic acids is 4. The Morgan fingerprint density at radius 2 is 1.65 bits per heavy atom. The van der Waals surface area contributed by atoms with Crippen molar-refractivity contribution in [1.29, 1.82) is 5.26 Å². The third-order valence-electron chi connectivity index (χ3n) is 13.5. The molecule has 2 fully saturated rings. The molecule has 20 nitrogen and oxygen atoms in total. The number of amides is 4. The number of hydrogen-bond acceptors (Lipinski definition) is 13. The molecule has 4 amide bonds. The van der Waals surface area contributed by atoms with Crippen LogP contribution in [0, 0.1) is 23.0 Å². The molecule has 7 aromatic rings. The lowest BCUT2D eigenvalue weighted by Crippen LogP contribution is -2.65.